The minimum absolute atomic E-state index is 0.0809. The summed E-state index contributed by atoms with van der Waals surface area (Å²) in [5.41, 5.74) is 2.08. The fourth-order valence-corrected chi connectivity index (χ4v) is 2.76. The number of pyridine rings is 1. The highest BCUT2D eigenvalue weighted by molar-refractivity contribution is 5.86. The Balaban J connectivity index is 2.18. The molecule has 5 nitrogen and oxygen atoms in total. The number of amides is 1. The SMILES string of the molecule is CCC(NC)c1ccc(N2CCNC(=O)C2CC)cn1. The first kappa shape index (κ1) is 14.8. The van der Waals surface area contributed by atoms with Gasteiger partial charge in [0.1, 0.15) is 6.04 Å². The zero-order valence-electron chi connectivity index (χ0n) is 12.5. The van der Waals surface area contributed by atoms with Crippen LogP contribution in [0.4, 0.5) is 5.69 Å². The monoisotopic (exact) mass is 276 g/mol. The molecule has 0 radical (unpaired) electrons. The lowest BCUT2D eigenvalue weighted by Crippen LogP contribution is -2.55. The van der Waals surface area contributed by atoms with Crippen LogP contribution in [0.3, 0.4) is 0 Å². The van der Waals surface area contributed by atoms with Crippen molar-refractivity contribution in [3.05, 3.63) is 24.0 Å². The number of carbonyl (C=O) groups excluding carboxylic acids is 1. The van der Waals surface area contributed by atoms with Gasteiger partial charge in [0, 0.05) is 19.1 Å². The van der Waals surface area contributed by atoms with E-state index in [1.807, 2.05) is 20.2 Å². The van der Waals surface area contributed by atoms with E-state index >= 15 is 0 Å². The van der Waals surface area contributed by atoms with E-state index in [0.717, 1.165) is 30.8 Å². The second kappa shape index (κ2) is 6.70. The van der Waals surface area contributed by atoms with E-state index in [1.165, 1.54) is 0 Å². The van der Waals surface area contributed by atoms with Gasteiger partial charge < -0.3 is 15.5 Å². The number of carbonyl (C=O) groups is 1. The quantitative estimate of drug-likeness (QED) is 0.855. The molecule has 1 aromatic rings. The van der Waals surface area contributed by atoms with Crippen molar-refractivity contribution in [3.8, 4) is 0 Å². The molecule has 1 fully saturated rings. The van der Waals surface area contributed by atoms with E-state index in [-0.39, 0.29) is 18.0 Å². The van der Waals surface area contributed by atoms with E-state index in [2.05, 4.69) is 39.6 Å². The molecule has 2 N–H and O–H groups in total. The minimum atomic E-state index is -0.0809. The summed E-state index contributed by atoms with van der Waals surface area (Å²) in [6.07, 6.45) is 3.70. The number of anilines is 1. The van der Waals surface area contributed by atoms with Gasteiger partial charge >= 0.3 is 0 Å². The molecule has 0 bridgehead atoms. The van der Waals surface area contributed by atoms with Gasteiger partial charge in [-0.2, -0.15) is 0 Å². The van der Waals surface area contributed by atoms with Gasteiger partial charge in [-0.25, -0.2) is 0 Å². The minimum Gasteiger partial charge on any atom is -0.357 e. The van der Waals surface area contributed by atoms with Crippen LogP contribution < -0.4 is 15.5 Å². The van der Waals surface area contributed by atoms with Gasteiger partial charge in [-0.1, -0.05) is 13.8 Å². The maximum atomic E-state index is 11.9. The topological polar surface area (TPSA) is 57.3 Å². The largest absolute Gasteiger partial charge is 0.357 e. The van der Waals surface area contributed by atoms with Gasteiger partial charge in [0.05, 0.1) is 17.6 Å². The summed E-state index contributed by atoms with van der Waals surface area (Å²) in [6.45, 7) is 5.72. The summed E-state index contributed by atoms with van der Waals surface area (Å²) in [4.78, 5) is 18.6. The molecule has 20 heavy (non-hydrogen) atoms. The molecule has 1 amide bonds. The highest BCUT2D eigenvalue weighted by Gasteiger charge is 2.28. The zero-order chi connectivity index (χ0) is 14.5. The third-order valence-electron chi connectivity index (χ3n) is 3.93. The van der Waals surface area contributed by atoms with Gasteiger partial charge in [0.25, 0.3) is 0 Å². The molecule has 1 saturated heterocycles. The Morgan fingerprint density at radius 2 is 2.30 bits per heavy atom. The van der Waals surface area contributed by atoms with Crippen LogP contribution in [0.25, 0.3) is 0 Å². The van der Waals surface area contributed by atoms with Crippen molar-refractivity contribution in [2.45, 2.75) is 38.8 Å². The van der Waals surface area contributed by atoms with Crippen LogP contribution in [0.5, 0.6) is 0 Å². The summed E-state index contributed by atoms with van der Waals surface area (Å²) < 4.78 is 0. The van der Waals surface area contributed by atoms with Gasteiger partial charge in [0.2, 0.25) is 5.91 Å². The van der Waals surface area contributed by atoms with Crippen LogP contribution in [0.2, 0.25) is 0 Å². The van der Waals surface area contributed by atoms with Crippen LogP contribution in [0, 0.1) is 0 Å². The van der Waals surface area contributed by atoms with Gasteiger partial charge in [0.15, 0.2) is 0 Å². The van der Waals surface area contributed by atoms with Crippen molar-refractivity contribution in [1.29, 1.82) is 0 Å². The zero-order valence-corrected chi connectivity index (χ0v) is 12.5. The molecule has 110 valence electrons. The summed E-state index contributed by atoms with van der Waals surface area (Å²) >= 11 is 0. The average molecular weight is 276 g/mol. The number of hydrogen-bond acceptors (Lipinski definition) is 4. The number of piperazine rings is 1. The standard InChI is InChI=1S/C15H24N4O/c1-4-12(16-3)13-7-6-11(10-18-13)19-9-8-17-15(20)14(19)5-2/h6-7,10,12,14,16H,4-5,8-9H2,1-3H3,(H,17,20). The van der Waals surface area contributed by atoms with Gasteiger partial charge in [-0.15, -0.1) is 0 Å². The van der Waals surface area contributed by atoms with Crippen LogP contribution in [-0.2, 0) is 4.79 Å². The lowest BCUT2D eigenvalue weighted by Gasteiger charge is -2.36. The summed E-state index contributed by atoms with van der Waals surface area (Å²) in [5, 5.41) is 6.17. The molecule has 2 rings (SSSR count). The van der Waals surface area contributed by atoms with E-state index in [9.17, 15) is 4.79 Å². The Bertz CT molecular complexity index is 442. The highest BCUT2D eigenvalue weighted by Crippen LogP contribution is 2.22. The number of nitrogens with zero attached hydrogens (tertiary/aromatic N) is 2. The molecule has 0 spiro atoms. The Morgan fingerprint density at radius 3 is 2.85 bits per heavy atom. The van der Waals surface area contributed by atoms with Crippen molar-refractivity contribution < 1.29 is 4.79 Å². The molecule has 1 aliphatic rings. The van der Waals surface area contributed by atoms with Crippen molar-refractivity contribution in [2.75, 3.05) is 25.0 Å². The van der Waals surface area contributed by atoms with Crippen molar-refractivity contribution >= 4 is 11.6 Å². The first-order chi connectivity index (χ1) is 9.71. The third kappa shape index (κ3) is 2.93. The Morgan fingerprint density at radius 1 is 1.50 bits per heavy atom. The Hall–Kier alpha value is -1.62. The fraction of sp³-hybridized carbons (Fsp3) is 0.600. The second-order valence-electron chi connectivity index (χ2n) is 5.10. The third-order valence-corrected chi connectivity index (χ3v) is 3.93. The molecule has 2 heterocycles. The number of aromatic nitrogens is 1. The van der Waals surface area contributed by atoms with Crippen molar-refractivity contribution in [3.63, 3.8) is 0 Å². The molecule has 0 aliphatic carbocycles. The molecule has 0 saturated carbocycles. The fourth-order valence-electron chi connectivity index (χ4n) is 2.76. The van der Waals surface area contributed by atoms with E-state index in [0.29, 0.717) is 6.54 Å². The van der Waals surface area contributed by atoms with Crippen molar-refractivity contribution in [2.24, 2.45) is 0 Å². The molecular formula is C15H24N4O. The lowest BCUT2D eigenvalue weighted by molar-refractivity contribution is -0.123. The van der Waals surface area contributed by atoms with E-state index in [1.54, 1.807) is 0 Å². The molecule has 1 aromatic heterocycles. The normalized spacial score (nSPS) is 20.6. The predicted molar refractivity (Wildman–Crippen MR) is 80.8 cm³/mol. The molecule has 2 atom stereocenters. The number of rotatable bonds is 5. The first-order valence-corrected chi connectivity index (χ1v) is 7.38. The summed E-state index contributed by atoms with van der Waals surface area (Å²) in [5.74, 6) is 0.115. The van der Waals surface area contributed by atoms with Crippen molar-refractivity contribution in [1.82, 2.24) is 15.6 Å². The predicted octanol–water partition coefficient (Wildman–Crippen LogP) is 1.47. The van der Waals surface area contributed by atoms with Crippen LogP contribution >= 0.6 is 0 Å². The van der Waals surface area contributed by atoms with Crippen LogP contribution in [0.1, 0.15) is 38.4 Å². The van der Waals surface area contributed by atoms with Gasteiger partial charge in [-0.3, -0.25) is 9.78 Å². The van der Waals surface area contributed by atoms with E-state index in [4.69, 9.17) is 0 Å². The maximum Gasteiger partial charge on any atom is 0.242 e. The second-order valence-corrected chi connectivity index (χ2v) is 5.10. The number of nitrogens with one attached hydrogen (secondary N) is 2. The lowest BCUT2D eigenvalue weighted by atomic mass is 10.1. The highest BCUT2D eigenvalue weighted by atomic mass is 16.2. The Kier molecular flexibility index (Phi) is 4.95. The summed E-state index contributed by atoms with van der Waals surface area (Å²) in [7, 11) is 1.95. The first-order valence-electron chi connectivity index (χ1n) is 7.38. The molecule has 5 heteroatoms. The van der Waals surface area contributed by atoms with Crippen LogP contribution in [0.15, 0.2) is 18.3 Å². The van der Waals surface area contributed by atoms with E-state index < -0.39 is 0 Å². The molecule has 1 aliphatic heterocycles. The van der Waals surface area contributed by atoms with Gasteiger partial charge in [-0.05, 0) is 32.0 Å². The Labute approximate surface area is 120 Å². The summed E-state index contributed by atoms with van der Waals surface area (Å²) in [6, 6.07) is 4.33. The molecule has 2 unspecified atom stereocenters. The maximum absolute atomic E-state index is 11.9. The molecular weight excluding hydrogens is 252 g/mol. The smallest absolute Gasteiger partial charge is 0.242 e. The number of hydrogen-bond donors (Lipinski definition) is 2. The molecule has 0 aromatic carbocycles. The van der Waals surface area contributed by atoms with Crippen LogP contribution in [-0.4, -0.2) is 37.1 Å². The average Bonchev–Trinajstić information content (AvgIpc) is 2.49.